The van der Waals surface area contributed by atoms with Crippen LogP contribution >= 0.6 is 0 Å². The van der Waals surface area contributed by atoms with Crippen molar-refractivity contribution in [1.29, 1.82) is 0 Å². The summed E-state index contributed by atoms with van der Waals surface area (Å²) in [6.45, 7) is 0.529. The van der Waals surface area contributed by atoms with Crippen molar-refractivity contribution in [2.75, 3.05) is 27.0 Å². The zero-order chi connectivity index (χ0) is 29.6. The van der Waals surface area contributed by atoms with E-state index in [1.54, 1.807) is 34.1 Å². The summed E-state index contributed by atoms with van der Waals surface area (Å²) in [5.74, 6) is 1.15. The number of nitrogens with zero attached hydrogens (tertiary/aromatic N) is 2. The average Bonchev–Trinajstić information content (AvgIpc) is 3.06. The zero-order valence-electron chi connectivity index (χ0n) is 23.9. The summed E-state index contributed by atoms with van der Waals surface area (Å²) in [6, 6.07) is 21.3. The minimum Gasteiger partial charge on any atom is -0.329 e. The Balaban J connectivity index is 1.25. The van der Waals surface area contributed by atoms with Crippen molar-refractivity contribution in [2.24, 2.45) is 23.2 Å². The molecule has 3 aromatic carbocycles. The molecule has 220 valence electrons. The molecule has 5 amide bonds. The van der Waals surface area contributed by atoms with Gasteiger partial charge in [-0.2, -0.15) is 0 Å². The summed E-state index contributed by atoms with van der Waals surface area (Å²) in [6.07, 6.45) is 7.73. The van der Waals surface area contributed by atoms with Crippen LogP contribution in [0.5, 0.6) is 0 Å². The summed E-state index contributed by atoms with van der Waals surface area (Å²) in [4.78, 5) is 56.4. The highest BCUT2D eigenvalue weighted by atomic mass is 16.2. The number of nitrogens with one attached hydrogen (secondary N) is 3. The van der Waals surface area contributed by atoms with E-state index in [1.165, 1.54) is 19.3 Å². The van der Waals surface area contributed by atoms with Gasteiger partial charge < -0.3 is 20.9 Å². The van der Waals surface area contributed by atoms with Crippen LogP contribution in [0.4, 0.5) is 33.2 Å². The van der Waals surface area contributed by atoms with Gasteiger partial charge >= 0.3 is 6.03 Å². The van der Waals surface area contributed by atoms with E-state index >= 15 is 0 Å². The Morgan fingerprint density at radius 1 is 0.791 bits per heavy atom. The molecule has 9 heteroatoms. The van der Waals surface area contributed by atoms with Crippen LogP contribution in [-0.2, 0) is 14.4 Å². The molecule has 4 fully saturated rings. The van der Waals surface area contributed by atoms with Crippen molar-refractivity contribution in [3.05, 3.63) is 78.9 Å². The van der Waals surface area contributed by atoms with Crippen molar-refractivity contribution < 1.29 is 19.2 Å². The first-order valence-corrected chi connectivity index (χ1v) is 15.1. The highest BCUT2D eigenvalue weighted by molar-refractivity contribution is 6.24. The van der Waals surface area contributed by atoms with E-state index < -0.39 is 23.9 Å². The number of carbonyl (C=O) groups excluding carboxylic acids is 4. The lowest BCUT2D eigenvalue weighted by Crippen LogP contribution is -2.58. The van der Waals surface area contributed by atoms with Crippen LogP contribution in [0, 0.1) is 23.2 Å². The maximum atomic E-state index is 14.5. The van der Waals surface area contributed by atoms with E-state index in [0.29, 0.717) is 59.1 Å². The normalized spacial score (nSPS) is 27.3. The molecule has 1 unspecified atom stereocenters. The number of rotatable bonds is 7. The van der Waals surface area contributed by atoms with Gasteiger partial charge in [-0.25, -0.2) is 4.79 Å². The summed E-state index contributed by atoms with van der Waals surface area (Å²) in [5, 5.41) is 7.98. The minimum absolute atomic E-state index is 0.0152. The van der Waals surface area contributed by atoms with Crippen LogP contribution < -0.4 is 25.8 Å². The second-order valence-electron chi connectivity index (χ2n) is 12.7. The average molecular weight is 578 g/mol. The van der Waals surface area contributed by atoms with E-state index in [1.807, 2.05) is 54.6 Å². The second-order valence-corrected chi connectivity index (χ2v) is 12.7. The van der Waals surface area contributed by atoms with Gasteiger partial charge in [0, 0.05) is 23.6 Å². The Hall–Kier alpha value is -4.66. The molecule has 0 aromatic heterocycles. The smallest absolute Gasteiger partial charge is 0.320 e. The molecule has 4 bridgehead atoms. The lowest BCUT2D eigenvalue weighted by atomic mass is 9.49. The highest BCUT2D eigenvalue weighted by Crippen LogP contribution is 2.60. The number of amides is 5. The first-order chi connectivity index (χ1) is 20.9. The Kier molecular flexibility index (Phi) is 6.88. The van der Waals surface area contributed by atoms with E-state index in [0.717, 1.165) is 19.3 Å². The van der Waals surface area contributed by atoms with Gasteiger partial charge in [-0.3, -0.25) is 19.3 Å². The van der Waals surface area contributed by atoms with E-state index in [9.17, 15) is 19.2 Å². The van der Waals surface area contributed by atoms with Gasteiger partial charge in [0.05, 0.1) is 11.4 Å². The topological polar surface area (TPSA) is 111 Å². The number of anilines is 5. The van der Waals surface area contributed by atoms with E-state index in [2.05, 4.69) is 16.0 Å². The van der Waals surface area contributed by atoms with Crippen LogP contribution in [-0.4, -0.2) is 36.8 Å². The van der Waals surface area contributed by atoms with Gasteiger partial charge in [-0.15, -0.1) is 0 Å². The number of para-hydroxylation sites is 3. The SMILES string of the molecule is O=CNc1cccc(NC(=O)NC2C(=O)N(CC34CC5CC(CC(C5)C3)C4)c3ccccc3N(c3ccccc3)C2=O)c1. The molecule has 43 heavy (non-hydrogen) atoms. The Morgan fingerprint density at radius 3 is 2.09 bits per heavy atom. The van der Waals surface area contributed by atoms with Crippen molar-refractivity contribution in [3.8, 4) is 0 Å². The molecular formula is C34H35N5O4. The first kappa shape index (κ1) is 27.2. The standard InChI is InChI=1S/C34H35N5O4/c40-21-35-25-7-6-8-26(16-25)36-33(43)37-30-31(41)38(20-34-17-22-13-23(18-34)15-24(14-22)19-34)28-11-4-5-12-29(28)39(32(30)42)27-9-2-1-3-10-27/h1-12,16,21-24,30H,13-15,17-20H2,(H,35,40)(H2,36,37,43). The molecule has 4 aliphatic carbocycles. The number of carbonyl (C=O) groups is 4. The number of hydrogen-bond donors (Lipinski definition) is 3. The molecular weight excluding hydrogens is 542 g/mol. The minimum atomic E-state index is -1.45. The number of hydrogen-bond acceptors (Lipinski definition) is 4. The molecule has 1 aliphatic heterocycles. The van der Waals surface area contributed by atoms with Gasteiger partial charge in [-0.05, 0) is 104 Å². The summed E-state index contributed by atoms with van der Waals surface area (Å²) in [7, 11) is 0. The fraction of sp³-hybridized carbons (Fsp3) is 0.353. The molecule has 0 saturated heterocycles. The van der Waals surface area contributed by atoms with Crippen molar-refractivity contribution in [2.45, 2.75) is 44.6 Å². The van der Waals surface area contributed by atoms with E-state index in [-0.39, 0.29) is 5.41 Å². The van der Waals surface area contributed by atoms with Crippen LogP contribution in [0.15, 0.2) is 78.9 Å². The number of urea groups is 1. The van der Waals surface area contributed by atoms with E-state index in [4.69, 9.17) is 0 Å². The van der Waals surface area contributed by atoms with Crippen LogP contribution in [0.3, 0.4) is 0 Å². The molecule has 3 aromatic rings. The molecule has 0 spiro atoms. The maximum Gasteiger partial charge on any atom is 0.320 e. The fourth-order valence-corrected chi connectivity index (χ4v) is 8.51. The molecule has 4 saturated carbocycles. The Bertz CT molecular complexity index is 1540. The zero-order valence-corrected chi connectivity index (χ0v) is 23.9. The van der Waals surface area contributed by atoms with Gasteiger partial charge in [0.25, 0.3) is 11.8 Å². The third-order valence-corrected chi connectivity index (χ3v) is 9.69. The van der Waals surface area contributed by atoms with Gasteiger partial charge in [0.2, 0.25) is 6.41 Å². The van der Waals surface area contributed by atoms with Crippen LogP contribution in [0.25, 0.3) is 0 Å². The molecule has 3 N–H and O–H groups in total. The van der Waals surface area contributed by atoms with Crippen molar-refractivity contribution in [3.63, 3.8) is 0 Å². The van der Waals surface area contributed by atoms with Gasteiger partial charge in [-0.1, -0.05) is 36.4 Å². The van der Waals surface area contributed by atoms with Gasteiger partial charge in [0.15, 0.2) is 6.04 Å². The van der Waals surface area contributed by atoms with Crippen molar-refractivity contribution >= 4 is 52.7 Å². The summed E-state index contributed by atoms with van der Waals surface area (Å²) in [5.41, 5.74) is 2.84. The number of fused-ring (bicyclic) bond motifs is 1. The lowest BCUT2D eigenvalue weighted by Gasteiger charge is -2.57. The third-order valence-electron chi connectivity index (χ3n) is 9.69. The molecule has 8 rings (SSSR count). The first-order valence-electron chi connectivity index (χ1n) is 15.1. The van der Waals surface area contributed by atoms with Gasteiger partial charge in [0.1, 0.15) is 0 Å². The monoisotopic (exact) mass is 577 g/mol. The molecule has 0 radical (unpaired) electrons. The number of benzene rings is 3. The Labute approximate surface area is 250 Å². The van der Waals surface area contributed by atoms with Crippen LogP contribution in [0.2, 0.25) is 0 Å². The maximum absolute atomic E-state index is 14.5. The molecule has 1 heterocycles. The second kappa shape index (κ2) is 10.9. The predicted molar refractivity (Wildman–Crippen MR) is 165 cm³/mol. The lowest BCUT2D eigenvalue weighted by molar-refractivity contribution is -0.129. The highest BCUT2D eigenvalue weighted by Gasteiger charge is 2.53. The van der Waals surface area contributed by atoms with Crippen LogP contribution in [0.1, 0.15) is 38.5 Å². The molecule has 1 atom stereocenters. The third kappa shape index (κ3) is 5.13. The molecule has 5 aliphatic rings. The largest absolute Gasteiger partial charge is 0.329 e. The predicted octanol–water partition coefficient (Wildman–Crippen LogP) is 5.67. The Morgan fingerprint density at radius 2 is 1.42 bits per heavy atom. The summed E-state index contributed by atoms with van der Waals surface area (Å²) >= 11 is 0. The summed E-state index contributed by atoms with van der Waals surface area (Å²) < 4.78 is 0. The molecule has 9 nitrogen and oxygen atoms in total. The quantitative estimate of drug-likeness (QED) is 0.248. The fourth-order valence-electron chi connectivity index (χ4n) is 8.51. The van der Waals surface area contributed by atoms with Crippen molar-refractivity contribution in [1.82, 2.24) is 5.32 Å².